The molecule has 8 nitrogen and oxygen atoms in total. The zero-order chi connectivity index (χ0) is 24.1. The fourth-order valence-corrected chi connectivity index (χ4v) is 4.57. The number of hydrogen-bond acceptors (Lipinski definition) is 6. The number of amides is 1. The lowest BCUT2D eigenvalue weighted by atomic mass is 10.2. The van der Waals surface area contributed by atoms with Gasteiger partial charge in [0.15, 0.2) is 11.0 Å². The van der Waals surface area contributed by atoms with Crippen molar-refractivity contribution in [2.24, 2.45) is 0 Å². The van der Waals surface area contributed by atoms with Gasteiger partial charge >= 0.3 is 0 Å². The SMILES string of the molecule is O=C(NCc1nnc(SCc2ccccc2)n1-c1ccc(Cl)cc1Cl)c1cccc([N+](=O)[O-])c1. The van der Waals surface area contributed by atoms with Crippen LogP contribution < -0.4 is 5.32 Å². The first-order valence-electron chi connectivity index (χ1n) is 10.0. The summed E-state index contributed by atoms with van der Waals surface area (Å²) in [4.78, 5) is 23.1. The Balaban J connectivity index is 1.60. The molecule has 0 radical (unpaired) electrons. The highest BCUT2D eigenvalue weighted by Gasteiger charge is 2.19. The van der Waals surface area contributed by atoms with Crippen LogP contribution in [0.2, 0.25) is 10.0 Å². The molecule has 0 saturated carbocycles. The van der Waals surface area contributed by atoms with Gasteiger partial charge in [0.25, 0.3) is 11.6 Å². The highest BCUT2D eigenvalue weighted by atomic mass is 35.5. The molecule has 172 valence electrons. The predicted octanol–water partition coefficient (Wildman–Crippen LogP) is 5.70. The van der Waals surface area contributed by atoms with E-state index in [0.717, 1.165) is 5.56 Å². The molecule has 0 bridgehead atoms. The standard InChI is InChI=1S/C23H17Cl2N5O3S/c24-17-9-10-20(19(25)12-17)29-21(27-28-23(29)34-14-15-5-2-1-3-6-15)13-26-22(31)16-7-4-8-18(11-16)30(32)33/h1-12H,13-14H2,(H,26,31). The fraction of sp³-hybridized carbons (Fsp3) is 0.0870. The van der Waals surface area contributed by atoms with Crippen molar-refractivity contribution in [2.75, 3.05) is 0 Å². The Labute approximate surface area is 209 Å². The molecule has 0 aliphatic carbocycles. The molecule has 4 aromatic rings. The number of rotatable bonds is 8. The lowest BCUT2D eigenvalue weighted by Crippen LogP contribution is -2.24. The summed E-state index contributed by atoms with van der Waals surface area (Å²) in [6, 6.07) is 20.5. The van der Waals surface area contributed by atoms with Gasteiger partial charge in [-0.1, -0.05) is 71.4 Å². The fourth-order valence-electron chi connectivity index (χ4n) is 3.16. The first kappa shape index (κ1) is 23.7. The molecule has 0 atom stereocenters. The van der Waals surface area contributed by atoms with E-state index in [2.05, 4.69) is 15.5 Å². The molecule has 0 aliphatic rings. The molecule has 4 rings (SSSR count). The summed E-state index contributed by atoms with van der Waals surface area (Å²) in [6.07, 6.45) is 0. The lowest BCUT2D eigenvalue weighted by Gasteiger charge is -2.13. The number of carbonyl (C=O) groups is 1. The van der Waals surface area contributed by atoms with E-state index in [1.54, 1.807) is 22.8 Å². The van der Waals surface area contributed by atoms with E-state index < -0.39 is 10.8 Å². The molecule has 1 amide bonds. The number of non-ortho nitro benzene ring substituents is 1. The average Bonchev–Trinajstić information content (AvgIpc) is 3.24. The van der Waals surface area contributed by atoms with Crippen molar-refractivity contribution in [3.63, 3.8) is 0 Å². The average molecular weight is 514 g/mol. The van der Waals surface area contributed by atoms with E-state index in [-0.39, 0.29) is 17.8 Å². The van der Waals surface area contributed by atoms with Crippen molar-refractivity contribution >= 4 is 46.6 Å². The number of carbonyl (C=O) groups excluding carboxylic acids is 1. The zero-order valence-electron chi connectivity index (χ0n) is 17.5. The molecular weight excluding hydrogens is 497 g/mol. The predicted molar refractivity (Wildman–Crippen MR) is 132 cm³/mol. The smallest absolute Gasteiger partial charge is 0.270 e. The maximum atomic E-state index is 12.6. The molecule has 11 heteroatoms. The summed E-state index contributed by atoms with van der Waals surface area (Å²) in [5.74, 6) is 0.627. The van der Waals surface area contributed by atoms with Gasteiger partial charge in [-0.15, -0.1) is 10.2 Å². The van der Waals surface area contributed by atoms with Crippen LogP contribution in [0.4, 0.5) is 5.69 Å². The molecule has 0 aliphatic heterocycles. The van der Waals surface area contributed by atoms with Gasteiger partial charge in [-0.3, -0.25) is 19.5 Å². The number of nitro groups is 1. The second kappa shape index (κ2) is 10.7. The van der Waals surface area contributed by atoms with E-state index in [9.17, 15) is 14.9 Å². The molecule has 1 N–H and O–H groups in total. The van der Waals surface area contributed by atoms with Gasteiger partial charge in [0.05, 0.1) is 22.2 Å². The third kappa shape index (κ3) is 5.56. The minimum atomic E-state index is -0.549. The van der Waals surface area contributed by atoms with E-state index >= 15 is 0 Å². The Bertz CT molecular complexity index is 1350. The lowest BCUT2D eigenvalue weighted by molar-refractivity contribution is -0.384. The van der Waals surface area contributed by atoms with Crippen molar-refractivity contribution in [3.8, 4) is 5.69 Å². The number of benzene rings is 3. The Morgan fingerprint density at radius 1 is 1.03 bits per heavy atom. The Kier molecular flexibility index (Phi) is 7.46. The van der Waals surface area contributed by atoms with Crippen LogP contribution in [0.3, 0.4) is 0 Å². The van der Waals surface area contributed by atoms with Crippen LogP contribution in [0.15, 0.2) is 78.0 Å². The van der Waals surface area contributed by atoms with Gasteiger partial charge in [0.1, 0.15) is 0 Å². The topological polar surface area (TPSA) is 103 Å². The number of hydrogen-bond donors (Lipinski definition) is 1. The molecule has 3 aromatic carbocycles. The molecule has 1 aromatic heterocycles. The highest BCUT2D eigenvalue weighted by molar-refractivity contribution is 7.98. The number of nitro benzene ring substituents is 1. The quantitative estimate of drug-likeness (QED) is 0.184. The van der Waals surface area contributed by atoms with E-state index in [4.69, 9.17) is 23.2 Å². The number of halogens is 2. The van der Waals surface area contributed by atoms with Gasteiger partial charge in [-0.2, -0.15) is 0 Å². The normalized spacial score (nSPS) is 10.8. The summed E-state index contributed by atoms with van der Waals surface area (Å²) < 4.78 is 1.76. The van der Waals surface area contributed by atoms with Crippen LogP contribution in [0, 0.1) is 10.1 Å². The summed E-state index contributed by atoms with van der Waals surface area (Å²) >= 11 is 14.0. The summed E-state index contributed by atoms with van der Waals surface area (Å²) in [7, 11) is 0. The van der Waals surface area contributed by atoms with Gasteiger partial charge in [0.2, 0.25) is 0 Å². The van der Waals surface area contributed by atoms with Crippen molar-refractivity contribution < 1.29 is 9.72 Å². The monoisotopic (exact) mass is 513 g/mol. The number of nitrogens with zero attached hydrogens (tertiary/aromatic N) is 4. The van der Waals surface area contributed by atoms with Crippen molar-refractivity contribution in [1.29, 1.82) is 0 Å². The molecule has 34 heavy (non-hydrogen) atoms. The van der Waals surface area contributed by atoms with Crippen LogP contribution in [-0.4, -0.2) is 25.6 Å². The van der Waals surface area contributed by atoms with Gasteiger partial charge in [0, 0.05) is 28.5 Å². The number of aromatic nitrogens is 3. The summed E-state index contributed by atoms with van der Waals surface area (Å²) in [5.41, 5.74) is 1.74. The van der Waals surface area contributed by atoms with Crippen LogP contribution in [0.1, 0.15) is 21.7 Å². The molecule has 0 unspecified atom stereocenters. The summed E-state index contributed by atoms with van der Waals surface area (Å²) in [6.45, 7) is 0.0272. The van der Waals surface area contributed by atoms with Crippen LogP contribution in [-0.2, 0) is 12.3 Å². The second-order valence-electron chi connectivity index (χ2n) is 7.09. The minimum Gasteiger partial charge on any atom is -0.345 e. The van der Waals surface area contributed by atoms with Crippen LogP contribution >= 0.6 is 35.0 Å². The molecule has 1 heterocycles. The van der Waals surface area contributed by atoms with Crippen molar-refractivity contribution in [2.45, 2.75) is 17.5 Å². The Morgan fingerprint density at radius 3 is 2.56 bits per heavy atom. The van der Waals surface area contributed by atoms with E-state index in [0.29, 0.717) is 32.5 Å². The maximum absolute atomic E-state index is 12.6. The Morgan fingerprint density at radius 2 is 1.82 bits per heavy atom. The van der Waals surface area contributed by atoms with Crippen molar-refractivity contribution in [1.82, 2.24) is 20.1 Å². The van der Waals surface area contributed by atoms with E-state index in [1.807, 2.05) is 30.3 Å². The third-order valence-electron chi connectivity index (χ3n) is 4.79. The third-order valence-corrected chi connectivity index (χ3v) is 6.33. The molecule has 0 fully saturated rings. The van der Waals surface area contributed by atoms with Crippen molar-refractivity contribution in [3.05, 3.63) is 110 Å². The first-order valence-corrected chi connectivity index (χ1v) is 11.8. The first-order chi connectivity index (χ1) is 16.4. The highest BCUT2D eigenvalue weighted by Crippen LogP contribution is 2.30. The minimum absolute atomic E-state index is 0.0272. The number of nitrogens with one attached hydrogen (secondary N) is 1. The molecule has 0 spiro atoms. The summed E-state index contributed by atoms with van der Waals surface area (Å²) in [5, 5.41) is 23.8. The van der Waals surface area contributed by atoms with Gasteiger partial charge in [-0.25, -0.2) is 0 Å². The van der Waals surface area contributed by atoms with E-state index in [1.165, 1.54) is 36.0 Å². The second-order valence-corrected chi connectivity index (χ2v) is 8.88. The Hall–Kier alpha value is -3.40. The zero-order valence-corrected chi connectivity index (χ0v) is 19.8. The van der Waals surface area contributed by atoms with Gasteiger partial charge in [-0.05, 0) is 29.8 Å². The molecular formula is C23H17Cl2N5O3S. The molecule has 0 saturated heterocycles. The van der Waals surface area contributed by atoms with Gasteiger partial charge < -0.3 is 5.32 Å². The maximum Gasteiger partial charge on any atom is 0.270 e. The van der Waals surface area contributed by atoms with Crippen LogP contribution in [0.25, 0.3) is 5.69 Å². The number of thioether (sulfide) groups is 1. The largest absolute Gasteiger partial charge is 0.345 e. The van der Waals surface area contributed by atoms with Crippen LogP contribution in [0.5, 0.6) is 0 Å².